The van der Waals surface area contributed by atoms with Gasteiger partial charge in [0, 0.05) is 4.88 Å². The van der Waals surface area contributed by atoms with Gasteiger partial charge in [-0.15, -0.1) is 11.3 Å². The average molecular weight is 273 g/mol. The zero-order chi connectivity index (χ0) is 13.8. The van der Waals surface area contributed by atoms with E-state index in [1.54, 1.807) is 0 Å². The summed E-state index contributed by atoms with van der Waals surface area (Å²) in [6, 6.07) is 11.5. The van der Waals surface area contributed by atoms with Crippen LogP contribution in [0.1, 0.15) is 41.5 Å². The lowest BCUT2D eigenvalue weighted by Crippen LogP contribution is -2.17. The van der Waals surface area contributed by atoms with E-state index in [1.807, 2.05) is 18.4 Å². The Labute approximate surface area is 120 Å². The number of nitrogens with one attached hydrogen (secondary N) is 1. The van der Waals surface area contributed by atoms with Crippen LogP contribution in [0.3, 0.4) is 0 Å². The van der Waals surface area contributed by atoms with Gasteiger partial charge in [0.25, 0.3) is 0 Å². The molecule has 2 heteroatoms. The monoisotopic (exact) mass is 273 g/mol. The van der Waals surface area contributed by atoms with Crippen LogP contribution in [-0.4, -0.2) is 7.05 Å². The van der Waals surface area contributed by atoms with Crippen LogP contribution in [0.5, 0.6) is 0 Å². The quantitative estimate of drug-likeness (QED) is 0.842. The van der Waals surface area contributed by atoms with Crippen LogP contribution >= 0.6 is 11.3 Å². The number of benzene rings is 1. The van der Waals surface area contributed by atoms with Gasteiger partial charge in [0.2, 0.25) is 0 Å². The second-order valence-corrected chi connectivity index (χ2v) is 6.48. The fraction of sp³-hybridized carbons (Fsp3) is 0.412. The molecule has 1 atom stereocenters. The van der Waals surface area contributed by atoms with Crippen LogP contribution < -0.4 is 5.32 Å². The largest absolute Gasteiger partial charge is 0.309 e. The van der Waals surface area contributed by atoms with Crippen molar-refractivity contribution in [1.29, 1.82) is 0 Å². The van der Waals surface area contributed by atoms with Crippen molar-refractivity contribution >= 4 is 11.3 Å². The van der Waals surface area contributed by atoms with E-state index in [9.17, 15) is 0 Å². The van der Waals surface area contributed by atoms with E-state index in [-0.39, 0.29) is 0 Å². The zero-order valence-electron chi connectivity index (χ0n) is 12.2. The predicted molar refractivity (Wildman–Crippen MR) is 84.9 cm³/mol. The number of hydrogen-bond acceptors (Lipinski definition) is 2. The molecule has 1 aromatic carbocycles. The molecule has 2 aromatic rings. The van der Waals surface area contributed by atoms with Crippen molar-refractivity contribution in [1.82, 2.24) is 5.32 Å². The molecule has 19 heavy (non-hydrogen) atoms. The fourth-order valence-corrected chi connectivity index (χ4v) is 3.56. The molecular weight excluding hydrogens is 250 g/mol. The third-order valence-electron chi connectivity index (χ3n) is 3.38. The Morgan fingerprint density at radius 2 is 2.00 bits per heavy atom. The van der Waals surface area contributed by atoms with Crippen molar-refractivity contribution in [3.63, 3.8) is 0 Å². The summed E-state index contributed by atoms with van der Waals surface area (Å²) in [4.78, 5) is 1.42. The van der Waals surface area contributed by atoms with E-state index in [4.69, 9.17) is 0 Å². The molecule has 0 aliphatic carbocycles. The normalized spacial score (nSPS) is 12.9. The SMILES string of the molecule is CNC(c1cccc(CC(C)C)c1)c1sccc1C. The third-order valence-corrected chi connectivity index (χ3v) is 4.46. The lowest BCUT2D eigenvalue weighted by Gasteiger charge is -2.18. The van der Waals surface area contributed by atoms with Crippen molar-refractivity contribution in [3.05, 3.63) is 57.3 Å². The van der Waals surface area contributed by atoms with Crippen LogP contribution in [0, 0.1) is 12.8 Å². The zero-order valence-corrected chi connectivity index (χ0v) is 13.1. The average Bonchev–Trinajstić information content (AvgIpc) is 2.77. The molecule has 0 radical (unpaired) electrons. The van der Waals surface area contributed by atoms with Gasteiger partial charge in [-0.2, -0.15) is 0 Å². The molecule has 0 spiro atoms. The topological polar surface area (TPSA) is 12.0 Å². The first-order valence-electron chi connectivity index (χ1n) is 6.92. The van der Waals surface area contributed by atoms with Gasteiger partial charge in [-0.1, -0.05) is 38.1 Å². The minimum atomic E-state index is 0.312. The highest BCUT2D eigenvalue weighted by atomic mass is 32.1. The molecule has 1 N–H and O–H groups in total. The van der Waals surface area contributed by atoms with Crippen LogP contribution in [-0.2, 0) is 6.42 Å². The second-order valence-electron chi connectivity index (χ2n) is 5.53. The van der Waals surface area contributed by atoms with E-state index in [0.717, 1.165) is 6.42 Å². The summed E-state index contributed by atoms with van der Waals surface area (Å²) in [6.07, 6.45) is 1.15. The number of rotatable bonds is 5. The molecule has 1 nitrogen and oxygen atoms in total. The molecule has 0 aliphatic rings. The lowest BCUT2D eigenvalue weighted by molar-refractivity contribution is 0.643. The summed E-state index contributed by atoms with van der Waals surface area (Å²) in [7, 11) is 2.04. The molecule has 1 aromatic heterocycles. The predicted octanol–water partition coefficient (Wildman–Crippen LogP) is 4.56. The molecule has 0 saturated carbocycles. The van der Waals surface area contributed by atoms with Gasteiger partial charge in [-0.05, 0) is 54.4 Å². The highest BCUT2D eigenvalue weighted by Crippen LogP contribution is 2.29. The number of aryl methyl sites for hydroxylation is 1. The maximum absolute atomic E-state index is 3.45. The molecule has 0 amide bonds. The van der Waals surface area contributed by atoms with Crippen molar-refractivity contribution < 1.29 is 0 Å². The molecule has 1 unspecified atom stereocenters. The molecular formula is C17H23NS. The van der Waals surface area contributed by atoms with E-state index in [0.29, 0.717) is 12.0 Å². The number of thiophene rings is 1. The van der Waals surface area contributed by atoms with Gasteiger partial charge < -0.3 is 5.32 Å². The standard InChI is InChI=1S/C17H23NS/c1-12(2)10-14-6-5-7-15(11-14)16(18-4)17-13(3)8-9-19-17/h5-9,11-12,16,18H,10H2,1-4H3. The Bertz CT molecular complexity index is 528. The molecule has 0 aliphatic heterocycles. The lowest BCUT2D eigenvalue weighted by atomic mass is 9.97. The molecule has 1 heterocycles. The van der Waals surface area contributed by atoms with Gasteiger partial charge >= 0.3 is 0 Å². The maximum Gasteiger partial charge on any atom is 0.0671 e. The van der Waals surface area contributed by atoms with Crippen molar-refractivity contribution in [2.75, 3.05) is 7.05 Å². The molecule has 0 fully saturated rings. The van der Waals surface area contributed by atoms with Crippen molar-refractivity contribution in [2.24, 2.45) is 5.92 Å². The first-order chi connectivity index (χ1) is 9.11. The first-order valence-corrected chi connectivity index (χ1v) is 7.80. The summed E-state index contributed by atoms with van der Waals surface area (Å²) < 4.78 is 0. The molecule has 0 saturated heterocycles. The van der Waals surface area contributed by atoms with Crippen LogP contribution in [0.4, 0.5) is 0 Å². The van der Waals surface area contributed by atoms with Crippen LogP contribution in [0.15, 0.2) is 35.7 Å². The van der Waals surface area contributed by atoms with Crippen LogP contribution in [0.25, 0.3) is 0 Å². The van der Waals surface area contributed by atoms with Gasteiger partial charge in [0.15, 0.2) is 0 Å². The summed E-state index contributed by atoms with van der Waals surface area (Å²) in [6.45, 7) is 6.73. The first kappa shape index (κ1) is 14.3. The highest BCUT2D eigenvalue weighted by molar-refractivity contribution is 7.10. The van der Waals surface area contributed by atoms with Crippen LogP contribution in [0.2, 0.25) is 0 Å². The number of hydrogen-bond donors (Lipinski definition) is 1. The maximum atomic E-state index is 3.45. The molecule has 102 valence electrons. The minimum absolute atomic E-state index is 0.312. The van der Waals surface area contributed by atoms with E-state index in [2.05, 4.69) is 61.8 Å². The van der Waals surface area contributed by atoms with Crippen molar-refractivity contribution in [3.8, 4) is 0 Å². The smallest absolute Gasteiger partial charge is 0.0671 e. The third kappa shape index (κ3) is 3.46. The van der Waals surface area contributed by atoms with Gasteiger partial charge in [0.05, 0.1) is 6.04 Å². The van der Waals surface area contributed by atoms with Gasteiger partial charge in [-0.25, -0.2) is 0 Å². The van der Waals surface area contributed by atoms with E-state index >= 15 is 0 Å². The summed E-state index contributed by atoms with van der Waals surface area (Å²) in [5.41, 5.74) is 4.17. The Morgan fingerprint density at radius 3 is 2.58 bits per heavy atom. The fourth-order valence-electron chi connectivity index (χ4n) is 2.50. The Kier molecular flexibility index (Phi) is 4.78. The Hall–Kier alpha value is -1.12. The van der Waals surface area contributed by atoms with Gasteiger partial charge in [0.1, 0.15) is 0 Å². The summed E-state index contributed by atoms with van der Waals surface area (Å²) in [5.74, 6) is 0.701. The Balaban J connectivity index is 2.31. The summed E-state index contributed by atoms with van der Waals surface area (Å²) >= 11 is 1.83. The highest BCUT2D eigenvalue weighted by Gasteiger charge is 2.15. The second kappa shape index (κ2) is 6.36. The molecule has 2 rings (SSSR count). The minimum Gasteiger partial charge on any atom is -0.309 e. The van der Waals surface area contributed by atoms with Gasteiger partial charge in [-0.3, -0.25) is 0 Å². The Morgan fingerprint density at radius 1 is 1.21 bits per heavy atom. The van der Waals surface area contributed by atoms with E-state index < -0.39 is 0 Å². The van der Waals surface area contributed by atoms with E-state index in [1.165, 1.54) is 21.6 Å². The summed E-state index contributed by atoms with van der Waals surface area (Å²) in [5, 5.41) is 5.63. The van der Waals surface area contributed by atoms with Crippen molar-refractivity contribution in [2.45, 2.75) is 33.2 Å². The molecule has 0 bridgehead atoms.